The molecule has 1 atom stereocenters. The van der Waals surface area contributed by atoms with Gasteiger partial charge in [0.25, 0.3) is 0 Å². The first-order valence-corrected chi connectivity index (χ1v) is 7.30. The predicted octanol–water partition coefficient (Wildman–Crippen LogP) is 2.40. The second kappa shape index (κ2) is 10.7. The molecule has 114 valence electrons. The van der Waals surface area contributed by atoms with Gasteiger partial charge in [0, 0.05) is 26.2 Å². The van der Waals surface area contributed by atoms with Crippen molar-refractivity contribution in [1.29, 1.82) is 0 Å². The molecule has 0 spiro atoms. The maximum Gasteiger partial charge on any atom is 0.122 e. The Kier molecular flexibility index (Phi) is 9.04. The van der Waals surface area contributed by atoms with Crippen LogP contribution < -0.4 is 10.5 Å². The van der Waals surface area contributed by atoms with Crippen molar-refractivity contribution in [2.24, 2.45) is 5.73 Å². The molecule has 0 aliphatic carbocycles. The number of methoxy groups -OCH3 is 1. The summed E-state index contributed by atoms with van der Waals surface area (Å²) in [5.41, 5.74) is 7.19. The zero-order valence-corrected chi connectivity index (χ0v) is 12.6. The monoisotopic (exact) mass is 281 g/mol. The Morgan fingerprint density at radius 2 is 1.90 bits per heavy atom. The second-order valence-corrected chi connectivity index (χ2v) is 4.79. The van der Waals surface area contributed by atoms with E-state index in [1.807, 2.05) is 18.2 Å². The molecule has 0 bridgehead atoms. The summed E-state index contributed by atoms with van der Waals surface area (Å²) in [6, 6.07) is 8.30. The summed E-state index contributed by atoms with van der Waals surface area (Å²) >= 11 is 0. The third-order valence-corrected chi connectivity index (χ3v) is 3.10. The minimum absolute atomic E-state index is 0.192. The number of nitrogens with two attached hydrogens (primary N) is 1. The molecule has 0 aliphatic heterocycles. The van der Waals surface area contributed by atoms with Gasteiger partial charge in [-0.3, -0.25) is 0 Å². The Morgan fingerprint density at radius 1 is 1.10 bits per heavy atom. The fraction of sp³-hybridized carbons (Fsp3) is 0.625. The Hall–Kier alpha value is -1.10. The Bertz CT molecular complexity index is 357. The van der Waals surface area contributed by atoms with E-state index < -0.39 is 0 Å². The third-order valence-electron chi connectivity index (χ3n) is 3.10. The molecule has 0 aliphatic rings. The Balaban J connectivity index is 2.28. The van der Waals surface area contributed by atoms with Gasteiger partial charge in [-0.15, -0.1) is 0 Å². The van der Waals surface area contributed by atoms with Gasteiger partial charge in [0.2, 0.25) is 0 Å². The van der Waals surface area contributed by atoms with Gasteiger partial charge >= 0.3 is 0 Å². The SMILES string of the molecule is CCC(N)Cc1ccccc1OCCCOCCOC. The number of para-hydroxylation sites is 1. The summed E-state index contributed by atoms with van der Waals surface area (Å²) < 4.78 is 16.1. The van der Waals surface area contributed by atoms with E-state index in [0.717, 1.165) is 25.0 Å². The van der Waals surface area contributed by atoms with Gasteiger partial charge < -0.3 is 19.9 Å². The van der Waals surface area contributed by atoms with Gasteiger partial charge in [0.1, 0.15) is 5.75 Å². The highest BCUT2D eigenvalue weighted by molar-refractivity contribution is 5.33. The molecule has 0 heterocycles. The third kappa shape index (κ3) is 6.89. The van der Waals surface area contributed by atoms with Crippen LogP contribution in [-0.4, -0.2) is 39.6 Å². The van der Waals surface area contributed by atoms with E-state index in [0.29, 0.717) is 26.4 Å². The molecule has 0 fully saturated rings. The van der Waals surface area contributed by atoms with Gasteiger partial charge in [-0.05, 0) is 24.5 Å². The zero-order valence-electron chi connectivity index (χ0n) is 12.6. The largest absolute Gasteiger partial charge is 0.493 e. The van der Waals surface area contributed by atoms with Gasteiger partial charge in [-0.25, -0.2) is 0 Å². The van der Waals surface area contributed by atoms with Gasteiger partial charge in [-0.1, -0.05) is 25.1 Å². The van der Waals surface area contributed by atoms with Crippen molar-refractivity contribution in [3.05, 3.63) is 29.8 Å². The number of hydrogen-bond acceptors (Lipinski definition) is 4. The standard InChI is InChI=1S/C16H27NO3/c1-3-15(17)13-14-7-4-5-8-16(14)20-10-6-9-19-12-11-18-2/h4-5,7-8,15H,3,6,9-13,17H2,1-2H3. The molecular formula is C16H27NO3. The van der Waals surface area contributed by atoms with E-state index in [1.165, 1.54) is 5.56 Å². The second-order valence-electron chi connectivity index (χ2n) is 4.79. The minimum Gasteiger partial charge on any atom is -0.493 e. The first-order valence-electron chi connectivity index (χ1n) is 7.30. The summed E-state index contributed by atoms with van der Waals surface area (Å²) in [5, 5.41) is 0. The molecule has 0 saturated carbocycles. The van der Waals surface area contributed by atoms with Crippen LogP contribution in [0.2, 0.25) is 0 Å². The molecular weight excluding hydrogens is 254 g/mol. The average molecular weight is 281 g/mol. The van der Waals surface area contributed by atoms with Crippen LogP contribution in [0.4, 0.5) is 0 Å². The molecule has 2 N–H and O–H groups in total. The van der Waals surface area contributed by atoms with Crippen LogP contribution >= 0.6 is 0 Å². The Morgan fingerprint density at radius 3 is 2.65 bits per heavy atom. The normalized spacial score (nSPS) is 12.3. The molecule has 0 amide bonds. The molecule has 1 aromatic rings. The molecule has 20 heavy (non-hydrogen) atoms. The van der Waals surface area contributed by atoms with Crippen LogP contribution in [0.5, 0.6) is 5.75 Å². The molecule has 0 radical (unpaired) electrons. The van der Waals surface area contributed by atoms with Crippen LogP contribution in [0, 0.1) is 0 Å². The lowest BCUT2D eigenvalue weighted by molar-refractivity contribution is 0.0644. The molecule has 1 rings (SSSR count). The van der Waals surface area contributed by atoms with Crippen molar-refractivity contribution >= 4 is 0 Å². The van der Waals surface area contributed by atoms with E-state index >= 15 is 0 Å². The van der Waals surface area contributed by atoms with Crippen LogP contribution in [0.1, 0.15) is 25.3 Å². The summed E-state index contributed by atoms with van der Waals surface area (Å²) in [5.74, 6) is 0.938. The van der Waals surface area contributed by atoms with E-state index in [4.69, 9.17) is 19.9 Å². The van der Waals surface area contributed by atoms with Crippen LogP contribution in [0.15, 0.2) is 24.3 Å². The van der Waals surface area contributed by atoms with Crippen molar-refractivity contribution in [3.8, 4) is 5.75 Å². The van der Waals surface area contributed by atoms with Crippen molar-refractivity contribution in [1.82, 2.24) is 0 Å². The van der Waals surface area contributed by atoms with Crippen LogP contribution in [0.3, 0.4) is 0 Å². The lowest BCUT2D eigenvalue weighted by Gasteiger charge is -2.14. The summed E-state index contributed by atoms with van der Waals surface area (Å²) in [6.45, 7) is 4.73. The molecule has 1 aromatic carbocycles. The van der Waals surface area contributed by atoms with Gasteiger partial charge in [-0.2, -0.15) is 0 Å². The number of rotatable bonds is 11. The quantitative estimate of drug-likeness (QED) is 0.633. The lowest BCUT2D eigenvalue weighted by atomic mass is 10.0. The summed E-state index contributed by atoms with van der Waals surface area (Å²) in [7, 11) is 1.67. The predicted molar refractivity (Wildman–Crippen MR) is 81.2 cm³/mol. The smallest absolute Gasteiger partial charge is 0.122 e. The lowest BCUT2D eigenvalue weighted by Crippen LogP contribution is -2.21. The average Bonchev–Trinajstić information content (AvgIpc) is 2.47. The highest BCUT2D eigenvalue weighted by Gasteiger charge is 2.07. The minimum atomic E-state index is 0.192. The molecule has 4 nitrogen and oxygen atoms in total. The van der Waals surface area contributed by atoms with Crippen molar-refractivity contribution in [2.75, 3.05) is 33.5 Å². The van der Waals surface area contributed by atoms with E-state index in [-0.39, 0.29) is 6.04 Å². The maximum atomic E-state index is 6.01. The highest BCUT2D eigenvalue weighted by atomic mass is 16.5. The van der Waals surface area contributed by atoms with E-state index in [2.05, 4.69) is 13.0 Å². The zero-order chi connectivity index (χ0) is 14.6. The first kappa shape index (κ1) is 17.0. The number of benzene rings is 1. The van der Waals surface area contributed by atoms with E-state index in [1.54, 1.807) is 7.11 Å². The maximum absolute atomic E-state index is 6.01. The van der Waals surface area contributed by atoms with Crippen molar-refractivity contribution in [2.45, 2.75) is 32.2 Å². The summed E-state index contributed by atoms with van der Waals surface area (Å²) in [4.78, 5) is 0. The van der Waals surface area contributed by atoms with E-state index in [9.17, 15) is 0 Å². The Labute approximate surface area is 122 Å². The van der Waals surface area contributed by atoms with Crippen LogP contribution in [-0.2, 0) is 15.9 Å². The van der Waals surface area contributed by atoms with Crippen molar-refractivity contribution < 1.29 is 14.2 Å². The fourth-order valence-corrected chi connectivity index (χ4v) is 1.83. The molecule has 0 saturated heterocycles. The van der Waals surface area contributed by atoms with Crippen molar-refractivity contribution in [3.63, 3.8) is 0 Å². The van der Waals surface area contributed by atoms with Gasteiger partial charge in [0.15, 0.2) is 0 Å². The van der Waals surface area contributed by atoms with Crippen LogP contribution in [0.25, 0.3) is 0 Å². The molecule has 0 aromatic heterocycles. The highest BCUT2D eigenvalue weighted by Crippen LogP contribution is 2.20. The number of ether oxygens (including phenoxy) is 3. The fourth-order valence-electron chi connectivity index (χ4n) is 1.83. The molecule has 4 heteroatoms. The topological polar surface area (TPSA) is 53.7 Å². The summed E-state index contributed by atoms with van der Waals surface area (Å²) in [6.07, 6.45) is 2.70. The number of hydrogen-bond donors (Lipinski definition) is 1. The molecule has 1 unspecified atom stereocenters. The first-order chi connectivity index (χ1) is 9.77. The van der Waals surface area contributed by atoms with Gasteiger partial charge in [0.05, 0.1) is 19.8 Å².